The number of nitriles is 1. The standard InChI is InChI=1S/C15H17N4O4S/c16-11-13-3-1-12(2-4-13)5-6-14(20)18-7-9-19(10-8-18)24(22,23)15(17)21/h1-4,6H,5,7-10H2,(H2,17,21). The number of hydrogen-bond acceptors (Lipinski definition) is 5. The number of carbonyl (C=O) groups excluding carboxylic acids is 2. The molecule has 0 saturated carbocycles. The van der Waals surface area contributed by atoms with Crippen molar-refractivity contribution in [1.82, 2.24) is 9.21 Å². The van der Waals surface area contributed by atoms with E-state index < -0.39 is 15.3 Å². The van der Waals surface area contributed by atoms with Gasteiger partial charge in [0, 0.05) is 26.2 Å². The Morgan fingerprint density at radius 2 is 1.75 bits per heavy atom. The van der Waals surface area contributed by atoms with Gasteiger partial charge in [0.1, 0.15) is 0 Å². The first kappa shape index (κ1) is 17.9. The summed E-state index contributed by atoms with van der Waals surface area (Å²) < 4.78 is 24.3. The van der Waals surface area contributed by atoms with E-state index in [1.807, 2.05) is 6.07 Å². The second-order valence-electron chi connectivity index (χ2n) is 5.27. The molecule has 127 valence electrons. The van der Waals surface area contributed by atoms with Crippen LogP contribution >= 0.6 is 0 Å². The Morgan fingerprint density at radius 1 is 1.17 bits per heavy atom. The molecule has 1 aromatic rings. The van der Waals surface area contributed by atoms with E-state index in [-0.39, 0.29) is 32.1 Å². The van der Waals surface area contributed by atoms with Crippen molar-refractivity contribution >= 4 is 21.2 Å². The number of piperazine rings is 1. The second kappa shape index (κ2) is 7.42. The normalized spacial score (nSPS) is 15.7. The average molecular weight is 349 g/mol. The maximum atomic E-state index is 12.1. The van der Waals surface area contributed by atoms with Crippen LogP contribution in [0.3, 0.4) is 0 Å². The minimum Gasteiger partial charge on any atom is -0.355 e. The van der Waals surface area contributed by atoms with Gasteiger partial charge < -0.3 is 10.6 Å². The van der Waals surface area contributed by atoms with Crippen LogP contribution in [0.4, 0.5) is 4.79 Å². The number of rotatable bonds is 4. The number of benzene rings is 1. The molecule has 8 nitrogen and oxygen atoms in total. The van der Waals surface area contributed by atoms with Crippen molar-refractivity contribution in [3.8, 4) is 6.07 Å². The van der Waals surface area contributed by atoms with Crippen LogP contribution in [0.1, 0.15) is 11.1 Å². The van der Waals surface area contributed by atoms with Crippen molar-refractivity contribution in [3.63, 3.8) is 0 Å². The Labute approximate surface area is 140 Å². The molecule has 1 heterocycles. The van der Waals surface area contributed by atoms with Crippen molar-refractivity contribution in [3.05, 3.63) is 41.8 Å². The Kier molecular flexibility index (Phi) is 5.54. The third kappa shape index (κ3) is 4.10. The molecule has 2 amide bonds. The summed E-state index contributed by atoms with van der Waals surface area (Å²) >= 11 is 0. The van der Waals surface area contributed by atoms with Gasteiger partial charge in [0.2, 0.25) is 5.91 Å². The molecule has 1 aliphatic heterocycles. The molecule has 0 aromatic heterocycles. The van der Waals surface area contributed by atoms with E-state index in [0.717, 1.165) is 9.87 Å². The topological polar surface area (TPSA) is 125 Å². The molecule has 1 fully saturated rings. The van der Waals surface area contributed by atoms with Crippen molar-refractivity contribution in [1.29, 1.82) is 5.26 Å². The number of amides is 2. The Bertz CT molecular complexity index is 760. The first-order chi connectivity index (χ1) is 11.3. The van der Waals surface area contributed by atoms with Crippen LogP contribution in [0, 0.1) is 17.8 Å². The lowest BCUT2D eigenvalue weighted by atomic mass is 10.1. The Balaban J connectivity index is 1.84. The van der Waals surface area contributed by atoms with E-state index in [1.165, 1.54) is 11.3 Å². The van der Waals surface area contributed by atoms with Gasteiger partial charge in [0.05, 0.1) is 18.1 Å². The molecule has 0 atom stereocenters. The van der Waals surface area contributed by atoms with Gasteiger partial charge in [0.25, 0.3) is 10.0 Å². The smallest absolute Gasteiger partial charge is 0.349 e. The molecule has 1 radical (unpaired) electrons. The monoisotopic (exact) mass is 349 g/mol. The van der Waals surface area contributed by atoms with Gasteiger partial charge in [-0.05, 0) is 24.1 Å². The largest absolute Gasteiger partial charge is 0.355 e. The van der Waals surface area contributed by atoms with Crippen molar-refractivity contribution in [2.75, 3.05) is 26.2 Å². The fraction of sp³-hybridized carbons (Fsp3) is 0.333. The van der Waals surface area contributed by atoms with Gasteiger partial charge in [-0.2, -0.15) is 9.57 Å². The van der Waals surface area contributed by atoms with Crippen molar-refractivity contribution < 1.29 is 18.0 Å². The summed E-state index contributed by atoms with van der Waals surface area (Å²) in [4.78, 5) is 24.6. The van der Waals surface area contributed by atoms with Gasteiger partial charge in [-0.3, -0.25) is 9.59 Å². The molecular formula is C15H17N4O4S. The highest BCUT2D eigenvalue weighted by atomic mass is 32.2. The van der Waals surface area contributed by atoms with E-state index in [4.69, 9.17) is 11.0 Å². The summed E-state index contributed by atoms with van der Waals surface area (Å²) in [6.45, 7) is 0.494. The highest BCUT2D eigenvalue weighted by molar-refractivity contribution is 8.03. The number of primary amides is 1. The van der Waals surface area contributed by atoms with Crippen LogP contribution in [-0.4, -0.2) is 54.9 Å². The van der Waals surface area contributed by atoms with Gasteiger partial charge in [0.15, 0.2) is 0 Å². The summed E-state index contributed by atoms with van der Waals surface area (Å²) in [5, 5.41) is 7.36. The Morgan fingerprint density at radius 3 is 2.25 bits per heavy atom. The summed E-state index contributed by atoms with van der Waals surface area (Å²) in [6, 6.07) is 8.94. The lowest BCUT2D eigenvalue weighted by molar-refractivity contribution is -0.128. The minimum absolute atomic E-state index is 0.0434. The molecule has 1 aromatic carbocycles. The maximum Gasteiger partial charge on any atom is 0.349 e. The molecule has 0 unspecified atom stereocenters. The predicted octanol–water partition coefficient (Wildman–Crippen LogP) is -0.142. The zero-order chi connectivity index (χ0) is 17.7. The molecule has 24 heavy (non-hydrogen) atoms. The van der Waals surface area contributed by atoms with Crippen LogP contribution < -0.4 is 5.73 Å². The highest BCUT2D eigenvalue weighted by Gasteiger charge is 2.32. The first-order valence-corrected chi connectivity index (χ1v) is 8.69. The number of sulfonamides is 1. The molecule has 2 N–H and O–H groups in total. The van der Waals surface area contributed by atoms with Crippen LogP contribution in [0.25, 0.3) is 0 Å². The van der Waals surface area contributed by atoms with Gasteiger partial charge >= 0.3 is 5.24 Å². The van der Waals surface area contributed by atoms with Gasteiger partial charge in [-0.15, -0.1) is 0 Å². The molecule has 0 bridgehead atoms. The zero-order valence-electron chi connectivity index (χ0n) is 12.9. The summed E-state index contributed by atoms with van der Waals surface area (Å²) in [7, 11) is -4.11. The van der Waals surface area contributed by atoms with E-state index in [9.17, 15) is 18.0 Å². The lowest BCUT2D eigenvalue weighted by Crippen LogP contribution is -2.52. The van der Waals surface area contributed by atoms with Crippen LogP contribution in [0.5, 0.6) is 0 Å². The highest BCUT2D eigenvalue weighted by Crippen LogP contribution is 2.11. The molecule has 1 aliphatic rings. The third-order valence-corrected chi connectivity index (χ3v) is 5.29. The zero-order valence-corrected chi connectivity index (χ0v) is 13.7. The van der Waals surface area contributed by atoms with Crippen molar-refractivity contribution in [2.45, 2.75) is 6.42 Å². The molecule has 1 saturated heterocycles. The van der Waals surface area contributed by atoms with E-state index >= 15 is 0 Å². The minimum atomic E-state index is -4.11. The number of nitrogens with zero attached hydrogens (tertiary/aromatic N) is 3. The second-order valence-corrected chi connectivity index (χ2v) is 7.13. The summed E-state index contributed by atoms with van der Waals surface area (Å²) in [5.74, 6) is -0.199. The van der Waals surface area contributed by atoms with Crippen LogP contribution in [0.2, 0.25) is 0 Å². The van der Waals surface area contributed by atoms with Crippen molar-refractivity contribution in [2.24, 2.45) is 5.73 Å². The molecule has 0 spiro atoms. The van der Waals surface area contributed by atoms with Crippen LogP contribution in [0.15, 0.2) is 24.3 Å². The number of carbonyl (C=O) groups is 2. The first-order valence-electron chi connectivity index (χ1n) is 7.25. The summed E-state index contributed by atoms with van der Waals surface area (Å²) in [6.07, 6.45) is 1.93. The third-order valence-electron chi connectivity index (χ3n) is 3.74. The molecular weight excluding hydrogens is 332 g/mol. The van der Waals surface area contributed by atoms with Gasteiger partial charge in [-0.1, -0.05) is 12.1 Å². The van der Waals surface area contributed by atoms with E-state index in [2.05, 4.69) is 0 Å². The summed E-state index contributed by atoms with van der Waals surface area (Å²) in [5.41, 5.74) is 6.31. The molecule has 2 rings (SSSR count). The number of nitrogens with two attached hydrogens (primary N) is 1. The molecule has 9 heteroatoms. The maximum absolute atomic E-state index is 12.1. The SMILES string of the molecule is N#Cc1ccc(C[CH]C(=O)N2CCN(S(=O)(=O)C(N)=O)CC2)cc1. The number of hydrogen-bond donors (Lipinski definition) is 1. The fourth-order valence-electron chi connectivity index (χ4n) is 2.33. The fourth-order valence-corrected chi connectivity index (χ4v) is 3.22. The lowest BCUT2D eigenvalue weighted by Gasteiger charge is -2.33. The van der Waals surface area contributed by atoms with E-state index in [0.29, 0.717) is 12.0 Å². The average Bonchev–Trinajstić information content (AvgIpc) is 2.60. The predicted molar refractivity (Wildman–Crippen MR) is 85.8 cm³/mol. The molecule has 0 aliphatic carbocycles. The van der Waals surface area contributed by atoms with E-state index in [1.54, 1.807) is 24.3 Å². The quantitative estimate of drug-likeness (QED) is 0.810. The Hall–Kier alpha value is -2.44. The van der Waals surface area contributed by atoms with Gasteiger partial charge in [-0.25, -0.2) is 8.42 Å². The van der Waals surface area contributed by atoms with Crippen LogP contribution in [-0.2, 0) is 21.2 Å².